The molecule has 8 nitrogen and oxygen atoms in total. The van der Waals surface area contributed by atoms with Crippen molar-refractivity contribution >= 4 is 16.9 Å². The molecule has 1 fully saturated rings. The first-order chi connectivity index (χ1) is 13.1. The first-order valence-corrected chi connectivity index (χ1v) is 9.30. The van der Waals surface area contributed by atoms with Gasteiger partial charge in [-0.05, 0) is 18.0 Å². The van der Waals surface area contributed by atoms with Crippen LogP contribution in [0.3, 0.4) is 0 Å². The second kappa shape index (κ2) is 7.21. The molecule has 0 aromatic carbocycles. The van der Waals surface area contributed by atoms with Crippen molar-refractivity contribution in [1.29, 1.82) is 0 Å². The summed E-state index contributed by atoms with van der Waals surface area (Å²) >= 11 is 0. The van der Waals surface area contributed by atoms with Gasteiger partial charge in [0.1, 0.15) is 19.1 Å². The lowest BCUT2D eigenvalue weighted by Gasteiger charge is -2.34. The molecule has 1 N–H and O–H groups in total. The largest absolute Gasteiger partial charge is 0.395 e. The van der Waals surface area contributed by atoms with E-state index in [9.17, 15) is 0 Å². The zero-order valence-electron chi connectivity index (χ0n) is 16.1. The summed E-state index contributed by atoms with van der Waals surface area (Å²) in [5, 5.41) is 10.2. The number of aliphatic hydroxyl groups is 1. The number of aliphatic hydroxyl groups excluding tert-OH is 1. The summed E-state index contributed by atoms with van der Waals surface area (Å²) < 4.78 is 4.14. The normalized spacial score (nSPS) is 15.6. The SMILES string of the molecule is Cc1c2cc(-c3cncc(N4CCN(CCO)CC4)n3)cnc2[n+](C)n1C. The maximum Gasteiger partial charge on any atom is 0.350 e. The van der Waals surface area contributed by atoms with Crippen LogP contribution in [-0.2, 0) is 14.1 Å². The van der Waals surface area contributed by atoms with Gasteiger partial charge in [0.25, 0.3) is 0 Å². The topological polar surface area (TPSA) is 74.2 Å². The van der Waals surface area contributed by atoms with Gasteiger partial charge in [0.15, 0.2) is 0 Å². The Morgan fingerprint density at radius 2 is 1.93 bits per heavy atom. The molecule has 0 radical (unpaired) electrons. The highest BCUT2D eigenvalue weighted by molar-refractivity contribution is 5.80. The van der Waals surface area contributed by atoms with Gasteiger partial charge < -0.3 is 10.0 Å². The molecule has 4 heterocycles. The molecule has 0 amide bonds. The van der Waals surface area contributed by atoms with Crippen LogP contribution in [0.4, 0.5) is 5.82 Å². The second-order valence-corrected chi connectivity index (χ2v) is 7.04. The number of piperazine rings is 1. The number of anilines is 1. The summed E-state index contributed by atoms with van der Waals surface area (Å²) in [6.45, 7) is 6.69. The Kier molecular flexibility index (Phi) is 4.75. The van der Waals surface area contributed by atoms with E-state index >= 15 is 0 Å². The maximum atomic E-state index is 9.09. The molecule has 142 valence electrons. The molecule has 1 aliphatic heterocycles. The minimum atomic E-state index is 0.210. The molecule has 1 aliphatic rings. The Labute approximate surface area is 158 Å². The Morgan fingerprint density at radius 3 is 2.67 bits per heavy atom. The van der Waals surface area contributed by atoms with E-state index in [2.05, 4.69) is 37.4 Å². The fourth-order valence-corrected chi connectivity index (χ4v) is 3.65. The number of aryl methyl sites for hydroxylation is 2. The van der Waals surface area contributed by atoms with Crippen molar-refractivity contribution in [2.45, 2.75) is 6.92 Å². The summed E-state index contributed by atoms with van der Waals surface area (Å²) in [5.41, 5.74) is 3.95. The van der Waals surface area contributed by atoms with E-state index in [1.807, 2.05) is 31.2 Å². The highest BCUT2D eigenvalue weighted by atomic mass is 16.3. The number of nitrogens with zero attached hydrogens (tertiary/aromatic N) is 7. The van der Waals surface area contributed by atoms with Gasteiger partial charge in [0, 0.05) is 45.3 Å². The average molecular weight is 368 g/mol. The first-order valence-electron chi connectivity index (χ1n) is 9.30. The lowest BCUT2D eigenvalue weighted by atomic mass is 10.1. The van der Waals surface area contributed by atoms with Gasteiger partial charge in [0.05, 0.1) is 35.8 Å². The molecule has 3 aromatic rings. The van der Waals surface area contributed by atoms with Crippen LogP contribution in [0.1, 0.15) is 5.69 Å². The Balaban J connectivity index is 1.61. The monoisotopic (exact) mass is 368 g/mol. The summed E-state index contributed by atoms with van der Waals surface area (Å²) in [6.07, 6.45) is 5.49. The Morgan fingerprint density at radius 1 is 1.15 bits per heavy atom. The van der Waals surface area contributed by atoms with Crippen LogP contribution < -0.4 is 9.58 Å². The maximum absolute atomic E-state index is 9.09. The third-order valence-corrected chi connectivity index (χ3v) is 5.53. The second-order valence-electron chi connectivity index (χ2n) is 7.04. The Bertz CT molecular complexity index is 960. The molecule has 0 atom stereocenters. The Hall–Kier alpha value is -2.58. The van der Waals surface area contributed by atoms with Crippen LogP contribution in [0.2, 0.25) is 0 Å². The molecule has 0 spiro atoms. The third kappa shape index (κ3) is 3.26. The van der Waals surface area contributed by atoms with Crippen molar-refractivity contribution in [3.8, 4) is 11.3 Å². The van der Waals surface area contributed by atoms with E-state index in [-0.39, 0.29) is 6.61 Å². The lowest BCUT2D eigenvalue weighted by Crippen LogP contribution is -2.47. The van der Waals surface area contributed by atoms with E-state index in [1.54, 1.807) is 6.20 Å². The van der Waals surface area contributed by atoms with Crippen molar-refractivity contribution in [3.63, 3.8) is 0 Å². The number of hydrogen-bond donors (Lipinski definition) is 1. The van der Waals surface area contributed by atoms with Gasteiger partial charge in [0.2, 0.25) is 0 Å². The highest BCUT2D eigenvalue weighted by Crippen LogP contribution is 2.23. The van der Waals surface area contributed by atoms with Gasteiger partial charge in [-0.1, -0.05) is 0 Å². The van der Waals surface area contributed by atoms with Gasteiger partial charge in [-0.15, -0.1) is 0 Å². The number of β-amino-alcohol motifs (C(OH)–C–C–N with tert-alkyl or cyclic N) is 1. The molecule has 0 saturated carbocycles. The van der Waals surface area contributed by atoms with E-state index in [0.717, 1.165) is 60.8 Å². The van der Waals surface area contributed by atoms with E-state index in [1.165, 1.54) is 5.69 Å². The molecule has 27 heavy (non-hydrogen) atoms. The molecular formula is C19H26N7O+. The average Bonchev–Trinajstić information content (AvgIpc) is 2.93. The molecule has 0 unspecified atom stereocenters. The number of fused-ring (bicyclic) bond motifs is 1. The molecule has 8 heteroatoms. The number of pyridine rings is 1. The van der Waals surface area contributed by atoms with Crippen molar-refractivity contribution < 1.29 is 9.79 Å². The van der Waals surface area contributed by atoms with Crippen LogP contribution in [0.5, 0.6) is 0 Å². The summed E-state index contributed by atoms with van der Waals surface area (Å²) in [7, 11) is 4.05. The number of rotatable bonds is 4. The molecule has 3 aromatic heterocycles. The van der Waals surface area contributed by atoms with Crippen LogP contribution in [0, 0.1) is 6.92 Å². The minimum absolute atomic E-state index is 0.210. The van der Waals surface area contributed by atoms with Crippen molar-refractivity contribution in [3.05, 3.63) is 30.4 Å². The highest BCUT2D eigenvalue weighted by Gasteiger charge is 2.20. The van der Waals surface area contributed by atoms with Gasteiger partial charge in [-0.25, -0.2) is 9.67 Å². The number of hydrogen-bond acceptors (Lipinski definition) is 6. The van der Waals surface area contributed by atoms with E-state index in [4.69, 9.17) is 10.1 Å². The third-order valence-electron chi connectivity index (χ3n) is 5.53. The fraction of sp³-hybridized carbons (Fsp3) is 0.474. The summed E-state index contributed by atoms with van der Waals surface area (Å²) in [5.74, 6) is 0.895. The molecule has 0 bridgehead atoms. The van der Waals surface area contributed by atoms with Crippen molar-refractivity contribution in [2.24, 2.45) is 14.1 Å². The molecular weight excluding hydrogens is 342 g/mol. The zero-order chi connectivity index (χ0) is 19.0. The quantitative estimate of drug-likeness (QED) is 0.667. The molecule has 4 rings (SSSR count). The molecule has 0 aliphatic carbocycles. The summed E-state index contributed by atoms with van der Waals surface area (Å²) in [6, 6.07) is 2.14. The fourth-order valence-electron chi connectivity index (χ4n) is 3.65. The van der Waals surface area contributed by atoms with Crippen molar-refractivity contribution in [2.75, 3.05) is 44.2 Å². The van der Waals surface area contributed by atoms with E-state index in [0.29, 0.717) is 0 Å². The number of aromatic nitrogens is 5. The lowest BCUT2D eigenvalue weighted by molar-refractivity contribution is -0.730. The van der Waals surface area contributed by atoms with Gasteiger partial charge >= 0.3 is 5.65 Å². The van der Waals surface area contributed by atoms with Crippen molar-refractivity contribution in [1.82, 2.24) is 24.5 Å². The molecule has 1 saturated heterocycles. The van der Waals surface area contributed by atoms with Crippen LogP contribution in [0.15, 0.2) is 24.7 Å². The zero-order valence-corrected chi connectivity index (χ0v) is 16.1. The smallest absolute Gasteiger partial charge is 0.350 e. The van der Waals surface area contributed by atoms with Crippen LogP contribution in [0.25, 0.3) is 22.3 Å². The van der Waals surface area contributed by atoms with Gasteiger partial charge in [-0.2, -0.15) is 4.68 Å². The standard InChI is InChI=1S/C19H26N7O/c1-14-16-10-15(11-21-19(16)24(3)23(14)2)17-12-20-13-18(22-17)26-6-4-25(5-7-26)8-9-27/h10-13,27H,4-9H2,1-3H3/q+1. The predicted molar refractivity (Wildman–Crippen MR) is 103 cm³/mol. The first kappa shape index (κ1) is 17.8. The van der Waals surface area contributed by atoms with Gasteiger partial charge in [-0.3, -0.25) is 9.88 Å². The summed E-state index contributed by atoms with van der Waals surface area (Å²) in [4.78, 5) is 18.4. The van der Waals surface area contributed by atoms with E-state index < -0.39 is 0 Å². The predicted octanol–water partition coefficient (Wildman–Crippen LogP) is 0.278. The minimum Gasteiger partial charge on any atom is -0.395 e. The van der Waals surface area contributed by atoms with Crippen LogP contribution >= 0.6 is 0 Å². The van der Waals surface area contributed by atoms with Crippen LogP contribution in [-0.4, -0.2) is 69.0 Å².